The van der Waals surface area contributed by atoms with E-state index in [0.717, 1.165) is 54.6 Å². The molecular formula is C27H33N7O. The fourth-order valence-corrected chi connectivity index (χ4v) is 4.46. The van der Waals surface area contributed by atoms with E-state index >= 15 is 0 Å². The lowest BCUT2D eigenvalue weighted by molar-refractivity contribution is 0.0909. The van der Waals surface area contributed by atoms with Crippen LogP contribution in [0.3, 0.4) is 0 Å². The number of aromatic nitrogens is 2. The molecule has 0 saturated carbocycles. The molecule has 1 aromatic carbocycles. The number of rotatable bonds is 8. The van der Waals surface area contributed by atoms with Gasteiger partial charge in [0, 0.05) is 73.7 Å². The van der Waals surface area contributed by atoms with Crippen LogP contribution in [0, 0.1) is 5.41 Å². The Hall–Kier alpha value is -3.78. The summed E-state index contributed by atoms with van der Waals surface area (Å²) >= 11 is 0. The second kappa shape index (κ2) is 11.1. The van der Waals surface area contributed by atoms with Crippen molar-refractivity contribution in [2.45, 2.75) is 45.3 Å². The smallest absolute Gasteiger partial charge is 0.255 e. The lowest BCUT2D eigenvalue weighted by atomic mass is 10.0. The van der Waals surface area contributed by atoms with Crippen molar-refractivity contribution in [3.8, 4) is 0 Å². The lowest BCUT2D eigenvalue weighted by Gasteiger charge is -2.32. The zero-order chi connectivity index (χ0) is 24.8. The number of hydrogen-bond acceptors (Lipinski definition) is 7. The number of nitrogens with one attached hydrogen (secondary N) is 3. The van der Waals surface area contributed by atoms with Gasteiger partial charge < -0.3 is 21.8 Å². The molecule has 8 heteroatoms. The maximum Gasteiger partial charge on any atom is 0.255 e. The van der Waals surface area contributed by atoms with Gasteiger partial charge in [0.25, 0.3) is 5.91 Å². The van der Waals surface area contributed by atoms with Crippen molar-refractivity contribution in [3.05, 3.63) is 71.8 Å². The van der Waals surface area contributed by atoms with E-state index in [4.69, 9.17) is 11.1 Å². The lowest BCUT2D eigenvalue weighted by Crippen LogP contribution is -2.44. The molecule has 3 aromatic rings. The van der Waals surface area contributed by atoms with Crippen LogP contribution in [-0.2, 0) is 6.54 Å². The molecule has 1 aliphatic rings. The fraction of sp³-hybridized carbons (Fsp3) is 0.333. The number of nitrogens with two attached hydrogens (primary N) is 1. The third-order valence-corrected chi connectivity index (χ3v) is 6.29. The predicted molar refractivity (Wildman–Crippen MR) is 141 cm³/mol. The van der Waals surface area contributed by atoms with Gasteiger partial charge in [-0.25, -0.2) is 0 Å². The quantitative estimate of drug-likeness (QED) is 0.371. The van der Waals surface area contributed by atoms with Gasteiger partial charge in [0.2, 0.25) is 0 Å². The van der Waals surface area contributed by atoms with Gasteiger partial charge in [0.1, 0.15) is 0 Å². The first-order chi connectivity index (χ1) is 17.0. The number of allylic oxidation sites excluding steroid dienone is 1. The SMILES string of the molecule is CC(C)Nc1c(C(=O)NC2CCN(Cc3ccncc3)CC2)cnc2ccc(/C(C=N)=C/N)cc12. The van der Waals surface area contributed by atoms with E-state index in [1.807, 2.05) is 56.6 Å². The summed E-state index contributed by atoms with van der Waals surface area (Å²) in [4.78, 5) is 24.4. The number of hydrogen-bond donors (Lipinski definition) is 4. The van der Waals surface area contributed by atoms with Crippen molar-refractivity contribution < 1.29 is 4.79 Å². The topological polar surface area (TPSA) is 120 Å². The molecule has 2 aromatic heterocycles. The monoisotopic (exact) mass is 471 g/mol. The summed E-state index contributed by atoms with van der Waals surface area (Å²) in [5.74, 6) is -0.123. The van der Waals surface area contributed by atoms with Gasteiger partial charge in [-0.3, -0.25) is 19.7 Å². The number of nitrogens with zero attached hydrogens (tertiary/aromatic N) is 3. The van der Waals surface area contributed by atoms with E-state index in [0.29, 0.717) is 11.1 Å². The number of piperidine rings is 1. The maximum absolute atomic E-state index is 13.4. The molecule has 1 saturated heterocycles. The number of anilines is 1. The van der Waals surface area contributed by atoms with Gasteiger partial charge in [-0.05, 0) is 62.1 Å². The Kier molecular flexibility index (Phi) is 7.72. The molecule has 182 valence electrons. The second-order valence-electron chi connectivity index (χ2n) is 9.22. The summed E-state index contributed by atoms with van der Waals surface area (Å²) in [7, 11) is 0. The van der Waals surface area contributed by atoms with Crippen molar-refractivity contribution in [3.63, 3.8) is 0 Å². The molecule has 0 bridgehead atoms. The van der Waals surface area contributed by atoms with Crippen LogP contribution in [0.25, 0.3) is 16.5 Å². The summed E-state index contributed by atoms with van der Waals surface area (Å²) in [6, 6.07) is 10.0. The Morgan fingerprint density at radius 3 is 2.63 bits per heavy atom. The molecule has 0 spiro atoms. The van der Waals surface area contributed by atoms with Gasteiger partial charge in [0.05, 0.1) is 16.8 Å². The van der Waals surface area contributed by atoms with E-state index in [2.05, 4.69) is 25.5 Å². The third-order valence-electron chi connectivity index (χ3n) is 6.29. The largest absolute Gasteiger partial charge is 0.404 e. The molecule has 3 heterocycles. The molecule has 0 radical (unpaired) electrons. The van der Waals surface area contributed by atoms with E-state index < -0.39 is 0 Å². The van der Waals surface area contributed by atoms with Gasteiger partial charge in [-0.1, -0.05) is 6.07 Å². The van der Waals surface area contributed by atoms with Crippen LogP contribution in [0.5, 0.6) is 0 Å². The van der Waals surface area contributed by atoms with Gasteiger partial charge in [-0.2, -0.15) is 0 Å². The summed E-state index contributed by atoms with van der Waals surface area (Å²) in [5.41, 5.74) is 10.4. The number of carbonyl (C=O) groups is 1. The highest BCUT2D eigenvalue weighted by Crippen LogP contribution is 2.29. The first kappa shape index (κ1) is 24.3. The molecule has 1 amide bonds. The molecule has 4 rings (SSSR count). The Balaban J connectivity index is 1.52. The van der Waals surface area contributed by atoms with E-state index in [-0.39, 0.29) is 18.0 Å². The van der Waals surface area contributed by atoms with Crippen LogP contribution in [-0.4, -0.2) is 52.2 Å². The molecule has 35 heavy (non-hydrogen) atoms. The second-order valence-corrected chi connectivity index (χ2v) is 9.22. The van der Waals surface area contributed by atoms with Crippen molar-refractivity contribution >= 4 is 34.3 Å². The Labute approximate surface area is 206 Å². The summed E-state index contributed by atoms with van der Waals surface area (Å²) in [5, 5.41) is 15.1. The average molecular weight is 472 g/mol. The minimum absolute atomic E-state index is 0.120. The van der Waals surface area contributed by atoms with Crippen LogP contribution >= 0.6 is 0 Å². The first-order valence-corrected chi connectivity index (χ1v) is 12.0. The van der Waals surface area contributed by atoms with E-state index in [1.54, 1.807) is 6.20 Å². The first-order valence-electron chi connectivity index (χ1n) is 12.0. The Morgan fingerprint density at radius 2 is 1.97 bits per heavy atom. The highest BCUT2D eigenvalue weighted by Gasteiger charge is 2.23. The third kappa shape index (κ3) is 5.84. The number of amides is 1. The zero-order valence-corrected chi connectivity index (χ0v) is 20.3. The highest BCUT2D eigenvalue weighted by atomic mass is 16.1. The minimum atomic E-state index is -0.123. The number of fused-ring (bicyclic) bond motifs is 1. The molecule has 1 fully saturated rings. The van der Waals surface area contributed by atoms with Crippen LogP contribution in [0.4, 0.5) is 5.69 Å². The standard InChI is InChI=1S/C27H33N7O/c1-18(2)32-26-23-13-20(21(14-28)15-29)3-4-25(23)31-16-24(26)27(35)33-22-7-11-34(12-8-22)17-19-5-9-30-10-6-19/h3-6,9-10,13-16,18,22,28H,7-8,11-12,17,29H2,1-2H3,(H,31,32)(H,33,35)/b21-15+,28-14?. The molecule has 1 aliphatic heterocycles. The van der Waals surface area contributed by atoms with Gasteiger partial charge in [-0.15, -0.1) is 0 Å². The zero-order valence-electron chi connectivity index (χ0n) is 20.3. The van der Waals surface area contributed by atoms with Crippen LogP contribution in [0.15, 0.2) is 55.1 Å². The predicted octanol–water partition coefficient (Wildman–Crippen LogP) is 3.79. The van der Waals surface area contributed by atoms with E-state index in [1.165, 1.54) is 18.0 Å². The summed E-state index contributed by atoms with van der Waals surface area (Å²) in [6.45, 7) is 6.85. The van der Waals surface area contributed by atoms with E-state index in [9.17, 15) is 4.79 Å². The van der Waals surface area contributed by atoms with Crippen LogP contribution in [0.1, 0.15) is 48.2 Å². The molecule has 8 nitrogen and oxygen atoms in total. The minimum Gasteiger partial charge on any atom is -0.404 e. The van der Waals surface area contributed by atoms with Crippen LogP contribution in [0.2, 0.25) is 0 Å². The number of pyridine rings is 2. The van der Waals surface area contributed by atoms with Crippen molar-refractivity contribution in [1.29, 1.82) is 5.41 Å². The molecule has 0 aliphatic carbocycles. The Bertz CT molecular complexity index is 1210. The number of benzene rings is 1. The normalized spacial score (nSPS) is 15.3. The van der Waals surface area contributed by atoms with Gasteiger partial charge in [0.15, 0.2) is 0 Å². The fourth-order valence-electron chi connectivity index (χ4n) is 4.46. The molecule has 0 unspecified atom stereocenters. The average Bonchev–Trinajstić information content (AvgIpc) is 2.86. The Morgan fingerprint density at radius 1 is 1.23 bits per heavy atom. The van der Waals surface area contributed by atoms with Crippen molar-refractivity contribution in [2.75, 3.05) is 18.4 Å². The van der Waals surface area contributed by atoms with Gasteiger partial charge >= 0.3 is 0 Å². The molecular weight excluding hydrogens is 438 g/mol. The van der Waals surface area contributed by atoms with Crippen molar-refractivity contribution in [2.24, 2.45) is 5.73 Å². The number of likely N-dealkylation sites (tertiary alicyclic amines) is 1. The number of carbonyl (C=O) groups excluding carboxylic acids is 1. The highest BCUT2D eigenvalue weighted by molar-refractivity contribution is 6.11. The van der Waals surface area contributed by atoms with Crippen molar-refractivity contribution in [1.82, 2.24) is 20.2 Å². The molecule has 5 N–H and O–H groups in total. The summed E-state index contributed by atoms with van der Waals surface area (Å²) < 4.78 is 0. The molecule has 0 atom stereocenters. The summed E-state index contributed by atoms with van der Waals surface area (Å²) in [6.07, 6.45) is 9.74. The maximum atomic E-state index is 13.4. The van der Waals surface area contributed by atoms with Crippen LogP contribution < -0.4 is 16.4 Å².